The molecule has 0 radical (unpaired) electrons. The van der Waals surface area contributed by atoms with E-state index in [4.69, 9.17) is 4.55 Å². The van der Waals surface area contributed by atoms with Gasteiger partial charge in [0.1, 0.15) is 0 Å². The van der Waals surface area contributed by atoms with Crippen LogP contribution in [0.2, 0.25) is 0 Å². The fourth-order valence-corrected chi connectivity index (χ4v) is 3.18. The van der Waals surface area contributed by atoms with Gasteiger partial charge in [0.25, 0.3) is 10.1 Å². The summed E-state index contributed by atoms with van der Waals surface area (Å²) in [6.45, 7) is 6.90. The van der Waals surface area contributed by atoms with Gasteiger partial charge in [0.05, 0.1) is 31.9 Å². The first kappa shape index (κ1) is 13.9. The number of rotatable bonds is 6. The molecule has 0 aromatic carbocycles. The molecule has 96 valence electrons. The Morgan fingerprint density at radius 3 is 2.25 bits per heavy atom. The lowest BCUT2D eigenvalue weighted by Gasteiger charge is -2.41. The fourth-order valence-electron chi connectivity index (χ4n) is 2.61. The molecule has 0 aromatic rings. The smallest absolute Gasteiger partial charge is 0.264 e. The van der Waals surface area contributed by atoms with E-state index >= 15 is 0 Å². The summed E-state index contributed by atoms with van der Waals surface area (Å²) in [4.78, 5) is 0. The van der Waals surface area contributed by atoms with E-state index in [1.165, 1.54) is 32.4 Å². The van der Waals surface area contributed by atoms with Crippen molar-refractivity contribution in [2.75, 3.05) is 31.9 Å². The third-order valence-corrected chi connectivity index (χ3v) is 4.53. The van der Waals surface area contributed by atoms with Crippen LogP contribution < -0.4 is 0 Å². The topological polar surface area (TPSA) is 54.4 Å². The predicted molar refractivity (Wildman–Crippen MR) is 64.9 cm³/mol. The van der Waals surface area contributed by atoms with Crippen LogP contribution in [0.4, 0.5) is 0 Å². The molecule has 5 heteroatoms. The zero-order chi connectivity index (χ0) is 12.1. The van der Waals surface area contributed by atoms with Crippen molar-refractivity contribution in [1.29, 1.82) is 0 Å². The summed E-state index contributed by atoms with van der Waals surface area (Å²) in [6.07, 6.45) is 5.41. The van der Waals surface area contributed by atoms with Crippen LogP contribution in [-0.2, 0) is 10.1 Å². The van der Waals surface area contributed by atoms with E-state index in [0.717, 1.165) is 24.0 Å². The Hall–Kier alpha value is -0.130. The molecule has 0 bridgehead atoms. The maximum atomic E-state index is 10.6. The maximum absolute atomic E-state index is 10.6. The molecule has 1 saturated heterocycles. The van der Waals surface area contributed by atoms with Crippen LogP contribution >= 0.6 is 0 Å². The van der Waals surface area contributed by atoms with Gasteiger partial charge in [-0.1, -0.05) is 0 Å². The summed E-state index contributed by atoms with van der Waals surface area (Å²) >= 11 is 0. The Balaban J connectivity index is 2.28. The van der Waals surface area contributed by atoms with Crippen LogP contribution in [0.3, 0.4) is 0 Å². The molecule has 0 atom stereocenters. The minimum absolute atomic E-state index is 0.0866. The number of piperidine rings is 1. The van der Waals surface area contributed by atoms with Crippen LogP contribution in [0.15, 0.2) is 0 Å². The van der Waals surface area contributed by atoms with E-state index in [-0.39, 0.29) is 5.75 Å². The molecule has 0 spiro atoms. The molecule has 0 amide bonds. The highest BCUT2D eigenvalue weighted by Gasteiger charge is 2.27. The molecule has 1 N–H and O–H groups in total. The lowest BCUT2D eigenvalue weighted by molar-refractivity contribution is -0.931. The molecule has 1 aliphatic rings. The molecule has 4 nitrogen and oxygen atoms in total. The maximum Gasteiger partial charge on any atom is 0.264 e. The van der Waals surface area contributed by atoms with Crippen LogP contribution in [-0.4, -0.2) is 49.4 Å². The van der Waals surface area contributed by atoms with Crippen molar-refractivity contribution in [2.24, 2.45) is 0 Å². The molecule has 1 rings (SSSR count). The number of nitrogens with zero attached hydrogens (tertiary/aromatic N) is 1. The van der Waals surface area contributed by atoms with Gasteiger partial charge in [0, 0.05) is 0 Å². The molecule has 1 fully saturated rings. The predicted octanol–water partition coefficient (Wildman–Crippen LogP) is 1.67. The molecular formula is C11H24NO3S+. The average Bonchev–Trinajstić information content (AvgIpc) is 2.25. The van der Waals surface area contributed by atoms with Gasteiger partial charge in [0.15, 0.2) is 0 Å². The molecular weight excluding hydrogens is 226 g/mol. The van der Waals surface area contributed by atoms with Gasteiger partial charge in [-0.05, 0) is 39.0 Å². The second-order valence-corrected chi connectivity index (χ2v) is 6.45. The first-order valence-corrected chi connectivity index (χ1v) is 7.89. The number of hydrogen-bond donors (Lipinski definition) is 1. The molecule has 0 aliphatic carbocycles. The van der Waals surface area contributed by atoms with E-state index in [9.17, 15) is 8.42 Å². The first-order chi connectivity index (χ1) is 7.47. The number of quaternary nitrogens is 1. The quantitative estimate of drug-likeness (QED) is 0.443. The third-order valence-electron chi connectivity index (χ3n) is 3.72. The largest absolute Gasteiger partial charge is 0.324 e. The summed E-state index contributed by atoms with van der Waals surface area (Å²) in [5.41, 5.74) is 0. The summed E-state index contributed by atoms with van der Waals surface area (Å²) in [5, 5.41) is 0. The van der Waals surface area contributed by atoms with Gasteiger partial charge in [0.2, 0.25) is 0 Å². The molecule has 0 unspecified atom stereocenters. The van der Waals surface area contributed by atoms with Crippen LogP contribution in [0.1, 0.15) is 39.0 Å². The van der Waals surface area contributed by atoms with Crippen molar-refractivity contribution < 1.29 is 17.5 Å². The van der Waals surface area contributed by atoms with Crippen molar-refractivity contribution in [2.45, 2.75) is 39.0 Å². The van der Waals surface area contributed by atoms with Crippen molar-refractivity contribution in [3.05, 3.63) is 0 Å². The van der Waals surface area contributed by atoms with Gasteiger partial charge >= 0.3 is 0 Å². The Bertz CT molecular complexity index is 294. The van der Waals surface area contributed by atoms with E-state index in [0.29, 0.717) is 6.42 Å². The van der Waals surface area contributed by atoms with Gasteiger partial charge in [-0.25, -0.2) is 0 Å². The Kier molecular flexibility index (Phi) is 5.21. The van der Waals surface area contributed by atoms with E-state index in [1.807, 2.05) is 0 Å². The summed E-state index contributed by atoms with van der Waals surface area (Å²) in [5.74, 6) is -0.0866. The lowest BCUT2D eigenvalue weighted by Crippen LogP contribution is -2.51. The Labute approximate surface area is 99.0 Å². The number of hydrogen-bond acceptors (Lipinski definition) is 2. The van der Waals surface area contributed by atoms with E-state index in [1.54, 1.807) is 0 Å². The second kappa shape index (κ2) is 5.98. The van der Waals surface area contributed by atoms with Crippen molar-refractivity contribution >= 4 is 10.1 Å². The van der Waals surface area contributed by atoms with E-state index < -0.39 is 10.1 Å². The van der Waals surface area contributed by atoms with Crippen LogP contribution in [0.5, 0.6) is 0 Å². The second-order valence-electron chi connectivity index (χ2n) is 4.88. The summed E-state index contributed by atoms with van der Waals surface area (Å²) in [6, 6.07) is 0. The highest BCUT2D eigenvalue weighted by Crippen LogP contribution is 2.19. The molecule has 16 heavy (non-hydrogen) atoms. The fraction of sp³-hybridized carbons (Fsp3) is 1.00. The van der Waals surface area contributed by atoms with Gasteiger partial charge in [-0.2, -0.15) is 8.42 Å². The molecule has 0 saturated carbocycles. The molecule has 1 heterocycles. The van der Waals surface area contributed by atoms with Crippen molar-refractivity contribution in [3.63, 3.8) is 0 Å². The van der Waals surface area contributed by atoms with Crippen molar-refractivity contribution in [1.82, 2.24) is 0 Å². The van der Waals surface area contributed by atoms with Crippen molar-refractivity contribution in [3.8, 4) is 0 Å². The summed E-state index contributed by atoms with van der Waals surface area (Å²) < 4.78 is 31.0. The summed E-state index contributed by atoms with van der Waals surface area (Å²) in [7, 11) is -3.76. The SMILES string of the molecule is CC[N+]1(CCCCS(=O)(=O)O)CCCCC1. The third kappa shape index (κ3) is 4.80. The zero-order valence-electron chi connectivity index (χ0n) is 10.2. The molecule has 0 aromatic heterocycles. The highest BCUT2D eigenvalue weighted by atomic mass is 32.2. The monoisotopic (exact) mass is 250 g/mol. The lowest BCUT2D eigenvalue weighted by atomic mass is 10.1. The van der Waals surface area contributed by atoms with Crippen LogP contribution in [0, 0.1) is 0 Å². The number of unbranched alkanes of at least 4 members (excludes halogenated alkanes) is 1. The Morgan fingerprint density at radius 2 is 1.75 bits per heavy atom. The molecule has 1 aliphatic heterocycles. The highest BCUT2D eigenvalue weighted by molar-refractivity contribution is 7.85. The van der Waals surface area contributed by atoms with Gasteiger partial charge < -0.3 is 4.48 Å². The average molecular weight is 250 g/mol. The van der Waals surface area contributed by atoms with Gasteiger partial charge in [-0.3, -0.25) is 4.55 Å². The van der Waals surface area contributed by atoms with Crippen LogP contribution in [0.25, 0.3) is 0 Å². The van der Waals surface area contributed by atoms with E-state index in [2.05, 4.69) is 6.92 Å². The van der Waals surface area contributed by atoms with Gasteiger partial charge in [-0.15, -0.1) is 0 Å². The zero-order valence-corrected chi connectivity index (χ0v) is 11.0. The number of likely N-dealkylation sites (tertiary alicyclic amines) is 1. The first-order valence-electron chi connectivity index (χ1n) is 6.28. The normalized spacial score (nSPS) is 20.9. The minimum atomic E-state index is -3.76. The standard InChI is InChI=1S/C11H23NO3S/c1-2-12(8-4-3-5-9-12)10-6-7-11-16(13,14)15/h2-11H2,1H3/p+1. The Morgan fingerprint density at radius 1 is 1.12 bits per heavy atom. The minimum Gasteiger partial charge on any atom is -0.324 e.